The Morgan fingerprint density at radius 3 is 2.37 bits per heavy atom. The molecule has 11 heteroatoms. The van der Waals surface area contributed by atoms with Crippen molar-refractivity contribution in [3.05, 3.63) is 40.8 Å². The average molecular weight is 477 g/mol. The number of H-pyrrole nitrogens is 1. The molecular formula is C24H28N8O3. The van der Waals surface area contributed by atoms with E-state index in [2.05, 4.69) is 36.5 Å². The summed E-state index contributed by atoms with van der Waals surface area (Å²) in [5.74, 6) is 0.883. The first-order valence-corrected chi connectivity index (χ1v) is 11.9. The van der Waals surface area contributed by atoms with E-state index >= 15 is 0 Å². The van der Waals surface area contributed by atoms with Gasteiger partial charge in [0, 0.05) is 49.4 Å². The minimum absolute atomic E-state index is 0.0480. The second-order valence-electron chi connectivity index (χ2n) is 9.13. The van der Waals surface area contributed by atoms with Gasteiger partial charge < -0.3 is 25.3 Å². The molecule has 0 bridgehead atoms. The highest BCUT2D eigenvalue weighted by Gasteiger charge is 2.25. The summed E-state index contributed by atoms with van der Waals surface area (Å²) < 4.78 is 0. The van der Waals surface area contributed by atoms with E-state index in [0.29, 0.717) is 35.8 Å². The molecule has 0 spiro atoms. The number of benzene rings is 1. The lowest BCUT2D eigenvalue weighted by molar-refractivity contribution is -0.0893. The molecule has 0 atom stereocenters. The average Bonchev–Trinajstić information content (AvgIpc) is 2.89. The van der Waals surface area contributed by atoms with E-state index < -0.39 is 6.29 Å². The Balaban J connectivity index is 1.37. The Morgan fingerprint density at radius 2 is 1.71 bits per heavy atom. The van der Waals surface area contributed by atoms with Gasteiger partial charge in [-0.3, -0.25) is 4.79 Å². The van der Waals surface area contributed by atoms with Gasteiger partial charge in [-0.15, -0.1) is 0 Å². The molecule has 35 heavy (non-hydrogen) atoms. The molecule has 0 saturated carbocycles. The summed E-state index contributed by atoms with van der Waals surface area (Å²) in [6.45, 7) is 2.89. The van der Waals surface area contributed by atoms with Crippen molar-refractivity contribution in [1.29, 1.82) is 5.26 Å². The van der Waals surface area contributed by atoms with Crippen LogP contribution in [0.2, 0.25) is 0 Å². The molecule has 0 radical (unpaired) electrons. The number of rotatable bonds is 5. The first kappa shape index (κ1) is 23.0. The van der Waals surface area contributed by atoms with Crippen LogP contribution < -0.4 is 20.7 Å². The normalized spacial score (nSPS) is 17.7. The molecule has 2 aliphatic heterocycles. The number of nitriles is 1. The van der Waals surface area contributed by atoms with Crippen molar-refractivity contribution in [1.82, 2.24) is 20.2 Å². The van der Waals surface area contributed by atoms with Crippen LogP contribution in [0.4, 0.5) is 23.1 Å². The van der Waals surface area contributed by atoms with Crippen LogP contribution in [0.25, 0.3) is 10.9 Å². The van der Waals surface area contributed by atoms with Gasteiger partial charge in [-0.2, -0.15) is 15.3 Å². The maximum atomic E-state index is 12.6. The molecule has 5 rings (SSSR count). The molecule has 2 saturated heterocycles. The molecular weight excluding hydrogens is 448 g/mol. The quantitative estimate of drug-likeness (QED) is 0.400. The van der Waals surface area contributed by atoms with Gasteiger partial charge in [-0.1, -0.05) is 0 Å². The fraction of sp³-hybridized carbons (Fsp3) is 0.458. The van der Waals surface area contributed by atoms with Gasteiger partial charge in [0.15, 0.2) is 6.29 Å². The standard InChI is InChI=1S/C24H28N8O3/c25-13-15-5-9-32(10-6-15)24-28-19-14-26-30-22(33)20(19)21(29-24)27-17-1-3-18(4-2-17)31-11-7-16(8-12-31)23(34)35/h1-4,14-16,23,34-35H,5-12H2,(H,30,33)(H,27,28,29). The zero-order chi connectivity index (χ0) is 24.4. The second kappa shape index (κ2) is 9.85. The topological polar surface area (TPSA) is 154 Å². The fourth-order valence-corrected chi connectivity index (χ4v) is 4.78. The third kappa shape index (κ3) is 4.89. The van der Waals surface area contributed by atoms with E-state index in [4.69, 9.17) is 0 Å². The number of aromatic amines is 1. The summed E-state index contributed by atoms with van der Waals surface area (Å²) in [6, 6.07) is 10.2. The molecule has 182 valence electrons. The highest BCUT2D eigenvalue weighted by atomic mass is 16.5. The van der Waals surface area contributed by atoms with Crippen LogP contribution in [-0.4, -0.2) is 62.8 Å². The van der Waals surface area contributed by atoms with Crippen LogP contribution >= 0.6 is 0 Å². The number of hydrogen-bond donors (Lipinski definition) is 4. The first-order chi connectivity index (χ1) is 17.0. The van der Waals surface area contributed by atoms with Crippen molar-refractivity contribution in [2.24, 2.45) is 11.8 Å². The zero-order valence-corrected chi connectivity index (χ0v) is 19.3. The molecule has 4 N–H and O–H groups in total. The van der Waals surface area contributed by atoms with E-state index in [1.165, 1.54) is 6.20 Å². The Kier molecular flexibility index (Phi) is 6.48. The lowest BCUT2D eigenvalue weighted by Gasteiger charge is -2.34. The van der Waals surface area contributed by atoms with Crippen LogP contribution in [0, 0.1) is 23.2 Å². The summed E-state index contributed by atoms with van der Waals surface area (Å²) >= 11 is 0. The predicted octanol–water partition coefficient (Wildman–Crippen LogP) is 1.72. The highest BCUT2D eigenvalue weighted by molar-refractivity contribution is 5.90. The van der Waals surface area contributed by atoms with Gasteiger partial charge in [-0.05, 0) is 49.9 Å². The molecule has 3 aromatic rings. The SMILES string of the molecule is N#CC1CCN(c2nc(Nc3ccc(N4CCC(C(O)O)CC4)cc3)c3c(=O)[nH]ncc3n2)CC1. The molecule has 0 unspecified atom stereocenters. The maximum absolute atomic E-state index is 12.6. The summed E-state index contributed by atoms with van der Waals surface area (Å²) in [5.41, 5.74) is 1.91. The summed E-state index contributed by atoms with van der Waals surface area (Å²) in [6.07, 6.45) is 3.23. The molecule has 11 nitrogen and oxygen atoms in total. The van der Waals surface area contributed by atoms with Gasteiger partial charge in [0.25, 0.3) is 5.56 Å². The summed E-state index contributed by atoms with van der Waals surface area (Å²) in [5, 5.41) is 38.0. The minimum atomic E-state index is -1.26. The number of hydrogen-bond acceptors (Lipinski definition) is 10. The summed E-state index contributed by atoms with van der Waals surface area (Å²) in [7, 11) is 0. The number of anilines is 4. The van der Waals surface area contributed by atoms with E-state index in [-0.39, 0.29) is 17.4 Å². The van der Waals surface area contributed by atoms with Crippen molar-refractivity contribution in [3.8, 4) is 6.07 Å². The van der Waals surface area contributed by atoms with Gasteiger partial charge in [0.1, 0.15) is 16.7 Å². The molecule has 1 aromatic carbocycles. The van der Waals surface area contributed by atoms with Crippen LogP contribution in [0.5, 0.6) is 0 Å². The largest absolute Gasteiger partial charge is 0.372 e. The number of nitrogens with one attached hydrogen (secondary N) is 2. The molecule has 0 aliphatic carbocycles. The third-order valence-electron chi connectivity index (χ3n) is 6.92. The molecule has 4 heterocycles. The third-order valence-corrected chi connectivity index (χ3v) is 6.92. The minimum Gasteiger partial charge on any atom is -0.372 e. The first-order valence-electron chi connectivity index (χ1n) is 11.9. The number of fused-ring (bicyclic) bond motifs is 1. The van der Waals surface area contributed by atoms with Crippen LogP contribution in [0.15, 0.2) is 35.3 Å². The van der Waals surface area contributed by atoms with E-state index in [9.17, 15) is 20.3 Å². The van der Waals surface area contributed by atoms with Crippen molar-refractivity contribution in [3.63, 3.8) is 0 Å². The van der Waals surface area contributed by atoms with Crippen molar-refractivity contribution in [2.45, 2.75) is 32.0 Å². The molecule has 2 aromatic heterocycles. The van der Waals surface area contributed by atoms with Crippen molar-refractivity contribution < 1.29 is 10.2 Å². The number of piperidine rings is 2. The number of aromatic nitrogens is 4. The van der Waals surface area contributed by atoms with E-state index in [0.717, 1.165) is 50.1 Å². The second-order valence-corrected chi connectivity index (χ2v) is 9.13. The smallest absolute Gasteiger partial charge is 0.277 e. The van der Waals surface area contributed by atoms with Crippen LogP contribution in [-0.2, 0) is 0 Å². The van der Waals surface area contributed by atoms with E-state index in [1.54, 1.807) is 0 Å². The van der Waals surface area contributed by atoms with Crippen molar-refractivity contribution in [2.75, 3.05) is 41.3 Å². The molecule has 2 fully saturated rings. The van der Waals surface area contributed by atoms with Gasteiger partial charge in [0.2, 0.25) is 5.95 Å². The Bertz CT molecular complexity index is 1270. The van der Waals surface area contributed by atoms with Crippen LogP contribution in [0.1, 0.15) is 25.7 Å². The Morgan fingerprint density at radius 1 is 1.03 bits per heavy atom. The lowest BCUT2D eigenvalue weighted by Crippen LogP contribution is -2.37. The zero-order valence-electron chi connectivity index (χ0n) is 19.3. The lowest BCUT2D eigenvalue weighted by atomic mass is 9.96. The van der Waals surface area contributed by atoms with Gasteiger partial charge >= 0.3 is 0 Å². The molecule has 0 amide bonds. The number of aliphatic hydroxyl groups excluding tert-OH is 1. The molecule has 2 aliphatic rings. The predicted molar refractivity (Wildman–Crippen MR) is 131 cm³/mol. The van der Waals surface area contributed by atoms with Gasteiger partial charge in [0.05, 0.1) is 12.3 Å². The Labute approximate surface area is 202 Å². The van der Waals surface area contributed by atoms with Crippen LogP contribution in [0.3, 0.4) is 0 Å². The summed E-state index contributed by atoms with van der Waals surface area (Å²) in [4.78, 5) is 26.1. The van der Waals surface area contributed by atoms with E-state index in [1.807, 2.05) is 29.2 Å². The fourth-order valence-electron chi connectivity index (χ4n) is 4.78. The number of aliphatic hydroxyl groups is 2. The number of nitrogens with zero attached hydrogens (tertiary/aromatic N) is 6. The monoisotopic (exact) mass is 476 g/mol. The van der Waals surface area contributed by atoms with Gasteiger partial charge in [-0.25, -0.2) is 10.1 Å². The highest BCUT2D eigenvalue weighted by Crippen LogP contribution is 2.29. The maximum Gasteiger partial charge on any atom is 0.277 e. The Hall–Kier alpha value is -3.75. The van der Waals surface area contributed by atoms with Crippen molar-refractivity contribution >= 4 is 34.0 Å².